The SMILES string of the molecule is Cc1ccccc1-n1nc(C(C)(C)C)cc1NC(=O)CN(C(=O)C(C)C)C(C)C. The van der Waals surface area contributed by atoms with Crippen molar-refractivity contribution < 1.29 is 9.59 Å². The Morgan fingerprint density at radius 3 is 2.28 bits per heavy atom. The minimum atomic E-state index is -0.233. The Morgan fingerprint density at radius 1 is 1.14 bits per heavy atom. The summed E-state index contributed by atoms with van der Waals surface area (Å²) in [4.78, 5) is 26.9. The summed E-state index contributed by atoms with van der Waals surface area (Å²) in [5.74, 6) is 0.186. The molecule has 0 aliphatic rings. The van der Waals surface area contributed by atoms with E-state index in [0.717, 1.165) is 16.9 Å². The molecule has 2 amide bonds. The van der Waals surface area contributed by atoms with E-state index in [1.54, 1.807) is 9.58 Å². The van der Waals surface area contributed by atoms with E-state index in [1.807, 2.05) is 65.0 Å². The lowest BCUT2D eigenvalue weighted by atomic mass is 9.92. The maximum Gasteiger partial charge on any atom is 0.245 e. The van der Waals surface area contributed by atoms with Crippen LogP contribution >= 0.6 is 0 Å². The van der Waals surface area contributed by atoms with Crippen LogP contribution in [0.4, 0.5) is 5.82 Å². The molecule has 29 heavy (non-hydrogen) atoms. The van der Waals surface area contributed by atoms with E-state index < -0.39 is 0 Å². The van der Waals surface area contributed by atoms with E-state index in [-0.39, 0.29) is 35.7 Å². The molecular formula is C23H34N4O2. The normalized spacial score (nSPS) is 11.8. The van der Waals surface area contributed by atoms with Crippen molar-refractivity contribution in [2.75, 3.05) is 11.9 Å². The van der Waals surface area contributed by atoms with Gasteiger partial charge in [0.1, 0.15) is 12.4 Å². The number of aromatic nitrogens is 2. The van der Waals surface area contributed by atoms with Crippen molar-refractivity contribution in [3.63, 3.8) is 0 Å². The first-order valence-corrected chi connectivity index (χ1v) is 10.2. The van der Waals surface area contributed by atoms with Crippen molar-refractivity contribution in [2.24, 2.45) is 5.92 Å². The van der Waals surface area contributed by atoms with E-state index in [2.05, 4.69) is 26.1 Å². The predicted molar refractivity (Wildman–Crippen MR) is 117 cm³/mol. The summed E-state index contributed by atoms with van der Waals surface area (Å²) < 4.78 is 1.78. The second-order valence-corrected chi connectivity index (χ2v) is 9.13. The summed E-state index contributed by atoms with van der Waals surface area (Å²) >= 11 is 0. The second-order valence-electron chi connectivity index (χ2n) is 9.13. The van der Waals surface area contributed by atoms with Gasteiger partial charge in [-0.1, -0.05) is 52.8 Å². The molecule has 158 valence electrons. The molecule has 0 fully saturated rings. The molecule has 0 atom stereocenters. The summed E-state index contributed by atoms with van der Waals surface area (Å²) in [7, 11) is 0. The molecule has 0 aliphatic heterocycles. The Morgan fingerprint density at radius 2 is 1.76 bits per heavy atom. The largest absolute Gasteiger partial charge is 0.331 e. The fourth-order valence-electron chi connectivity index (χ4n) is 3.01. The van der Waals surface area contributed by atoms with Crippen molar-refractivity contribution in [1.29, 1.82) is 0 Å². The highest BCUT2D eigenvalue weighted by Gasteiger charge is 2.25. The number of rotatable bonds is 6. The minimum absolute atomic E-state index is 0.0124. The standard InChI is InChI=1S/C23H34N4O2/c1-15(2)22(29)26(16(3)4)14-21(28)24-20-13-19(23(6,7)8)25-27(20)18-12-10-9-11-17(18)5/h9-13,15-16H,14H2,1-8H3,(H,24,28). The molecule has 1 aromatic carbocycles. The van der Waals surface area contributed by atoms with Crippen LogP contribution in [-0.2, 0) is 15.0 Å². The van der Waals surface area contributed by atoms with Crippen molar-refractivity contribution in [1.82, 2.24) is 14.7 Å². The maximum atomic E-state index is 12.8. The smallest absolute Gasteiger partial charge is 0.245 e. The highest BCUT2D eigenvalue weighted by atomic mass is 16.2. The zero-order chi connectivity index (χ0) is 21.9. The lowest BCUT2D eigenvalue weighted by Gasteiger charge is -2.27. The summed E-state index contributed by atoms with van der Waals surface area (Å²) in [6.07, 6.45) is 0. The third-order valence-electron chi connectivity index (χ3n) is 4.80. The van der Waals surface area contributed by atoms with Crippen LogP contribution in [0, 0.1) is 12.8 Å². The molecule has 0 bridgehead atoms. The Kier molecular flexibility index (Phi) is 6.88. The quantitative estimate of drug-likeness (QED) is 0.788. The molecule has 0 saturated heterocycles. The van der Waals surface area contributed by atoms with Gasteiger partial charge in [0.05, 0.1) is 11.4 Å². The third kappa shape index (κ3) is 5.46. The molecule has 0 spiro atoms. The highest BCUT2D eigenvalue weighted by Crippen LogP contribution is 2.27. The molecule has 0 unspecified atom stereocenters. The van der Waals surface area contributed by atoms with E-state index in [0.29, 0.717) is 5.82 Å². The number of anilines is 1. The monoisotopic (exact) mass is 398 g/mol. The van der Waals surface area contributed by atoms with Crippen molar-refractivity contribution in [2.45, 2.75) is 66.8 Å². The number of carbonyl (C=O) groups is 2. The highest BCUT2D eigenvalue weighted by molar-refractivity contribution is 5.94. The molecule has 0 radical (unpaired) electrons. The van der Waals surface area contributed by atoms with Crippen LogP contribution in [-0.4, -0.2) is 39.1 Å². The maximum absolute atomic E-state index is 12.8. The molecule has 1 aromatic heterocycles. The average molecular weight is 399 g/mol. The van der Waals surface area contributed by atoms with Gasteiger partial charge in [0, 0.05) is 23.4 Å². The number of carbonyl (C=O) groups excluding carboxylic acids is 2. The zero-order valence-electron chi connectivity index (χ0n) is 18.9. The van der Waals surface area contributed by atoms with Gasteiger partial charge >= 0.3 is 0 Å². The number of hydrogen-bond acceptors (Lipinski definition) is 3. The molecule has 0 aliphatic carbocycles. The van der Waals surface area contributed by atoms with E-state index in [9.17, 15) is 9.59 Å². The van der Waals surface area contributed by atoms with Crippen LogP contribution in [0.25, 0.3) is 5.69 Å². The lowest BCUT2D eigenvalue weighted by molar-refractivity contribution is -0.139. The average Bonchev–Trinajstić information content (AvgIpc) is 3.03. The van der Waals surface area contributed by atoms with Crippen LogP contribution in [0.5, 0.6) is 0 Å². The molecule has 0 saturated carbocycles. The first-order valence-electron chi connectivity index (χ1n) is 10.2. The molecule has 2 rings (SSSR count). The number of amides is 2. The van der Waals surface area contributed by atoms with Gasteiger partial charge in [-0.15, -0.1) is 0 Å². The van der Waals surface area contributed by atoms with Crippen molar-refractivity contribution in [3.8, 4) is 5.69 Å². The number of aryl methyl sites for hydroxylation is 1. The van der Waals surface area contributed by atoms with Gasteiger partial charge < -0.3 is 10.2 Å². The Bertz CT molecular complexity index is 875. The molecule has 6 heteroatoms. The van der Waals surface area contributed by atoms with Gasteiger partial charge in [-0.2, -0.15) is 5.10 Å². The first kappa shape index (κ1) is 22.7. The molecule has 1 N–H and O–H groups in total. The molecular weight excluding hydrogens is 364 g/mol. The predicted octanol–water partition coefficient (Wildman–Crippen LogP) is 4.31. The first-order chi connectivity index (χ1) is 13.4. The summed E-state index contributed by atoms with van der Waals surface area (Å²) in [5.41, 5.74) is 2.70. The van der Waals surface area contributed by atoms with Gasteiger partial charge in [-0.25, -0.2) is 4.68 Å². The van der Waals surface area contributed by atoms with Gasteiger partial charge in [-0.3, -0.25) is 9.59 Å². The Balaban J connectivity index is 2.36. The Hall–Kier alpha value is -2.63. The third-order valence-corrected chi connectivity index (χ3v) is 4.80. The van der Waals surface area contributed by atoms with Gasteiger partial charge in [0.15, 0.2) is 0 Å². The minimum Gasteiger partial charge on any atom is -0.331 e. The fourth-order valence-corrected chi connectivity index (χ4v) is 3.01. The topological polar surface area (TPSA) is 67.2 Å². The second kappa shape index (κ2) is 8.80. The number of nitrogens with zero attached hydrogens (tertiary/aromatic N) is 3. The number of benzene rings is 1. The number of nitrogens with one attached hydrogen (secondary N) is 1. The summed E-state index contributed by atoms with van der Waals surface area (Å²) in [5, 5.41) is 7.74. The Labute approximate surface area is 174 Å². The van der Waals surface area contributed by atoms with E-state index in [1.165, 1.54) is 0 Å². The summed E-state index contributed by atoms with van der Waals surface area (Å²) in [6.45, 7) is 15.8. The van der Waals surface area contributed by atoms with Crippen LogP contribution in [0.3, 0.4) is 0 Å². The number of para-hydroxylation sites is 1. The fraction of sp³-hybridized carbons (Fsp3) is 0.522. The van der Waals surface area contributed by atoms with Gasteiger partial charge in [0.2, 0.25) is 11.8 Å². The molecule has 6 nitrogen and oxygen atoms in total. The van der Waals surface area contributed by atoms with E-state index in [4.69, 9.17) is 5.10 Å². The molecule has 1 heterocycles. The van der Waals surface area contributed by atoms with Crippen LogP contribution < -0.4 is 5.32 Å². The van der Waals surface area contributed by atoms with E-state index >= 15 is 0 Å². The zero-order valence-corrected chi connectivity index (χ0v) is 18.9. The van der Waals surface area contributed by atoms with Crippen LogP contribution in [0.1, 0.15) is 59.7 Å². The van der Waals surface area contributed by atoms with Crippen LogP contribution in [0.2, 0.25) is 0 Å². The van der Waals surface area contributed by atoms with Crippen molar-refractivity contribution in [3.05, 3.63) is 41.6 Å². The number of hydrogen-bond donors (Lipinski definition) is 1. The van der Waals surface area contributed by atoms with Gasteiger partial charge in [0.25, 0.3) is 0 Å². The summed E-state index contributed by atoms with van der Waals surface area (Å²) in [6, 6.07) is 9.78. The van der Waals surface area contributed by atoms with Crippen molar-refractivity contribution >= 4 is 17.6 Å². The van der Waals surface area contributed by atoms with Crippen LogP contribution in [0.15, 0.2) is 30.3 Å². The van der Waals surface area contributed by atoms with Gasteiger partial charge in [-0.05, 0) is 32.4 Å². The molecule has 2 aromatic rings. The lowest BCUT2D eigenvalue weighted by Crippen LogP contribution is -2.44.